The predicted octanol–water partition coefficient (Wildman–Crippen LogP) is 2.58. The standard InChI is InChI=1S/C18H18N4O3/c1-12(23)21-16-8-7-15(25-2)9-17(16)22-18(24)11-20-14-5-3-13(10-19)4-6-14/h3-9,20H,11H2,1-2H3,(H,21,23)(H,22,24). The Balaban J connectivity index is 2.03. The van der Waals surface area contributed by atoms with E-state index in [9.17, 15) is 9.59 Å². The van der Waals surface area contributed by atoms with E-state index in [4.69, 9.17) is 10.00 Å². The molecule has 3 N–H and O–H groups in total. The van der Waals surface area contributed by atoms with Gasteiger partial charge in [-0.1, -0.05) is 0 Å². The van der Waals surface area contributed by atoms with Crippen molar-refractivity contribution in [3.05, 3.63) is 48.0 Å². The molecule has 0 aliphatic heterocycles. The summed E-state index contributed by atoms with van der Waals surface area (Å²) < 4.78 is 5.14. The fraction of sp³-hybridized carbons (Fsp3) is 0.167. The first kappa shape index (κ1) is 17.8. The zero-order valence-electron chi connectivity index (χ0n) is 13.9. The van der Waals surface area contributed by atoms with Gasteiger partial charge in [-0.15, -0.1) is 0 Å². The number of anilines is 3. The molecule has 0 unspecified atom stereocenters. The van der Waals surface area contributed by atoms with E-state index >= 15 is 0 Å². The Bertz CT molecular complexity index is 810. The number of benzene rings is 2. The number of nitrogens with one attached hydrogen (secondary N) is 3. The molecule has 0 fully saturated rings. The van der Waals surface area contributed by atoms with E-state index in [0.29, 0.717) is 22.7 Å². The van der Waals surface area contributed by atoms with Gasteiger partial charge in [0.25, 0.3) is 0 Å². The molecule has 0 bridgehead atoms. The summed E-state index contributed by atoms with van der Waals surface area (Å²) in [5, 5.41) is 17.1. The Morgan fingerprint density at radius 1 is 1.08 bits per heavy atom. The summed E-state index contributed by atoms with van der Waals surface area (Å²) in [6.07, 6.45) is 0. The van der Waals surface area contributed by atoms with E-state index in [2.05, 4.69) is 16.0 Å². The molecule has 0 saturated carbocycles. The second kappa shape index (κ2) is 8.36. The molecule has 7 nitrogen and oxygen atoms in total. The number of carbonyl (C=O) groups is 2. The van der Waals surface area contributed by atoms with Crippen LogP contribution in [0.25, 0.3) is 0 Å². The lowest BCUT2D eigenvalue weighted by Gasteiger charge is -2.13. The molecule has 0 saturated heterocycles. The van der Waals surface area contributed by atoms with Gasteiger partial charge in [-0.25, -0.2) is 0 Å². The Kier molecular flexibility index (Phi) is 5.96. The van der Waals surface area contributed by atoms with Crippen molar-refractivity contribution in [3.63, 3.8) is 0 Å². The lowest BCUT2D eigenvalue weighted by molar-refractivity contribution is -0.115. The maximum Gasteiger partial charge on any atom is 0.243 e. The van der Waals surface area contributed by atoms with Crippen molar-refractivity contribution in [3.8, 4) is 11.8 Å². The number of carbonyl (C=O) groups excluding carboxylic acids is 2. The summed E-state index contributed by atoms with van der Waals surface area (Å²) in [5.74, 6) is 0.0324. The van der Waals surface area contributed by atoms with Crippen LogP contribution >= 0.6 is 0 Å². The molecular weight excluding hydrogens is 320 g/mol. The van der Waals surface area contributed by atoms with Gasteiger partial charge in [0.05, 0.1) is 36.7 Å². The zero-order valence-corrected chi connectivity index (χ0v) is 13.9. The number of rotatable bonds is 6. The zero-order chi connectivity index (χ0) is 18.2. The molecule has 0 aliphatic carbocycles. The highest BCUT2D eigenvalue weighted by atomic mass is 16.5. The van der Waals surface area contributed by atoms with E-state index < -0.39 is 0 Å². The number of methoxy groups -OCH3 is 1. The third-order valence-electron chi connectivity index (χ3n) is 3.28. The molecule has 2 rings (SSSR count). The number of nitrogens with zero attached hydrogens (tertiary/aromatic N) is 1. The average molecular weight is 338 g/mol. The number of ether oxygens (including phenoxy) is 1. The molecular formula is C18H18N4O3. The number of hydrogen-bond donors (Lipinski definition) is 3. The Hall–Kier alpha value is -3.53. The molecule has 2 amide bonds. The minimum Gasteiger partial charge on any atom is -0.497 e. The van der Waals surface area contributed by atoms with Crippen molar-refractivity contribution in [2.24, 2.45) is 0 Å². The highest BCUT2D eigenvalue weighted by Crippen LogP contribution is 2.27. The van der Waals surface area contributed by atoms with Crippen molar-refractivity contribution in [2.45, 2.75) is 6.92 Å². The molecule has 0 spiro atoms. The molecule has 2 aromatic carbocycles. The van der Waals surface area contributed by atoms with Gasteiger partial charge in [-0.2, -0.15) is 5.26 Å². The quantitative estimate of drug-likeness (QED) is 0.751. The van der Waals surface area contributed by atoms with Gasteiger partial charge in [0, 0.05) is 18.7 Å². The maximum absolute atomic E-state index is 12.2. The summed E-state index contributed by atoms with van der Waals surface area (Å²) in [5.41, 5.74) is 2.20. The fourth-order valence-corrected chi connectivity index (χ4v) is 2.09. The average Bonchev–Trinajstić information content (AvgIpc) is 2.61. The van der Waals surface area contributed by atoms with Gasteiger partial charge >= 0.3 is 0 Å². The molecule has 2 aromatic rings. The topological polar surface area (TPSA) is 103 Å². The van der Waals surface area contributed by atoms with Crippen molar-refractivity contribution >= 4 is 28.9 Å². The summed E-state index contributed by atoms with van der Waals surface area (Å²) in [6.45, 7) is 1.42. The van der Waals surface area contributed by atoms with Crippen LogP contribution in [0, 0.1) is 11.3 Å². The van der Waals surface area contributed by atoms with Crippen LogP contribution in [0.1, 0.15) is 12.5 Å². The van der Waals surface area contributed by atoms with Crippen molar-refractivity contribution in [2.75, 3.05) is 29.6 Å². The first-order valence-electron chi connectivity index (χ1n) is 7.51. The first-order valence-corrected chi connectivity index (χ1v) is 7.51. The fourth-order valence-electron chi connectivity index (χ4n) is 2.09. The van der Waals surface area contributed by atoms with Crippen LogP contribution in [0.15, 0.2) is 42.5 Å². The van der Waals surface area contributed by atoms with E-state index in [-0.39, 0.29) is 18.4 Å². The van der Waals surface area contributed by atoms with Gasteiger partial charge < -0.3 is 20.7 Å². The molecule has 25 heavy (non-hydrogen) atoms. The van der Waals surface area contributed by atoms with E-state index in [1.54, 1.807) is 42.5 Å². The molecule has 0 aromatic heterocycles. The summed E-state index contributed by atoms with van der Waals surface area (Å²) in [4.78, 5) is 23.4. The Labute approximate surface area is 145 Å². The van der Waals surface area contributed by atoms with Crippen LogP contribution in [-0.4, -0.2) is 25.5 Å². The largest absolute Gasteiger partial charge is 0.497 e. The minimum atomic E-state index is -0.288. The molecule has 0 aliphatic rings. The van der Waals surface area contributed by atoms with Crippen LogP contribution < -0.4 is 20.7 Å². The minimum absolute atomic E-state index is 0.0304. The lowest BCUT2D eigenvalue weighted by Crippen LogP contribution is -2.22. The van der Waals surface area contributed by atoms with E-state index in [1.807, 2.05) is 6.07 Å². The maximum atomic E-state index is 12.2. The highest BCUT2D eigenvalue weighted by Gasteiger charge is 2.10. The second-order valence-electron chi connectivity index (χ2n) is 5.18. The van der Waals surface area contributed by atoms with Crippen LogP contribution in [0.4, 0.5) is 17.1 Å². The van der Waals surface area contributed by atoms with Gasteiger partial charge in [0.1, 0.15) is 5.75 Å². The SMILES string of the molecule is COc1ccc(NC(C)=O)c(NC(=O)CNc2ccc(C#N)cc2)c1. The normalized spacial score (nSPS) is 9.64. The number of amides is 2. The number of nitriles is 1. The van der Waals surface area contributed by atoms with Gasteiger partial charge in [-0.05, 0) is 36.4 Å². The highest BCUT2D eigenvalue weighted by molar-refractivity contribution is 6.00. The molecule has 128 valence electrons. The molecule has 0 heterocycles. The molecule has 0 atom stereocenters. The van der Waals surface area contributed by atoms with Crippen LogP contribution in [-0.2, 0) is 9.59 Å². The smallest absolute Gasteiger partial charge is 0.243 e. The van der Waals surface area contributed by atoms with Crippen molar-refractivity contribution in [1.82, 2.24) is 0 Å². The molecule has 7 heteroatoms. The third-order valence-corrected chi connectivity index (χ3v) is 3.28. The van der Waals surface area contributed by atoms with E-state index in [0.717, 1.165) is 5.69 Å². The van der Waals surface area contributed by atoms with Crippen molar-refractivity contribution < 1.29 is 14.3 Å². The monoisotopic (exact) mass is 338 g/mol. The van der Waals surface area contributed by atoms with Crippen LogP contribution in [0.5, 0.6) is 5.75 Å². The van der Waals surface area contributed by atoms with Gasteiger partial charge in [0.15, 0.2) is 0 Å². The summed E-state index contributed by atoms with van der Waals surface area (Å²) in [7, 11) is 1.52. The van der Waals surface area contributed by atoms with Crippen LogP contribution in [0.2, 0.25) is 0 Å². The van der Waals surface area contributed by atoms with Crippen molar-refractivity contribution in [1.29, 1.82) is 5.26 Å². The summed E-state index contributed by atoms with van der Waals surface area (Å²) in [6, 6.07) is 13.8. The molecule has 0 radical (unpaired) electrons. The summed E-state index contributed by atoms with van der Waals surface area (Å²) >= 11 is 0. The Morgan fingerprint density at radius 3 is 2.40 bits per heavy atom. The van der Waals surface area contributed by atoms with Gasteiger partial charge in [-0.3, -0.25) is 9.59 Å². The number of hydrogen-bond acceptors (Lipinski definition) is 5. The third kappa shape index (κ3) is 5.25. The Morgan fingerprint density at radius 2 is 1.80 bits per heavy atom. The van der Waals surface area contributed by atoms with Crippen LogP contribution in [0.3, 0.4) is 0 Å². The van der Waals surface area contributed by atoms with Gasteiger partial charge in [0.2, 0.25) is 11.8 Å². The predicted molar refractivity (Wildman–Crippen MR) is 95.6 cm³/mol. The van der Waals surface area contributed by atoms with E-state index in [1.165, 1.54) is 14.0 Å². The first-order chi connectivity index (χ1) is 12.0. The lowest BCUT2D eigenvalue weighted by atomic mass is 10.2. The second-order valence-corrected chi connectivity index (χ2v) is 5.18.